The fraction of sp³-hybridized carbons (Fsp3) is 0.438. The van der Waals surface area contributed by atoms with E-state index in [-0.39, 0.29) is 60.5 Å². The number of hydrogen-bond acceptors (Lipinski definition) is 10. The molecule has 4 aromatic rings. The number of thiazole rings is 2. The van der Waals surface area contributed by atoms with Gasteiger partial charge < -0.3 is 25.4 Å². The normalized spacial score (nSPS) is 19.6. The van der Waals surface area contributed by atoms with E-state index in [1.807, 2.05) is 48.7 Å². The third kappa shape index (κ3) is 7.57. The van der Waals surface area contributed by atoms with E-state index in [0.717, 1.165) is 30.7 Å². The minimum absolute atomic E-state index is 0.00208. The zero-order chi connectivity index (χ0) is 32.9. The van der Waals surface area contributed by atoms with Crippen molar-refractivity contribution in [2.24, 2.45) is 5.92 Å². The number of rotatable bonds is 4. The van der Waals surface area contributed by atoms with Gasteiger partial charge in [-0.2, -0.15) is 0 Å². The summed E-state index contributed by atoms with van der Waals surface area (Å²) in [5.41, 5.74) is 1.46. The smallest absolute Gasteiger partial charge is 0.292 e. The molecule has 0 aliphatic carbocycles. The number of carbonyl (C=O) groups excluding carboxylic acids is 4. The van der Waals surface area contributed by atoms with Crippen LogP contribution in [0.3, 0.4) is 0 Å². The maximum Gasteiger partial charge on any atom is 0.292 e. The molecular formula is C32H37N9O4S2. The minimum atomic E-state index is -0.543. The number of fused-ring (bicyclic) bond motifs is 5. The Morgan fingerprint density at radius 1 is 0.915 bits per heavy atom. The van der Waals surface area contributed by atoms with Gasteiger partial charge >= 0.3 is 0 Å². The maximum absolute atomic E-state index is 13.9. The molecule has 13 nitrogen and oxygen atoms in total. The zero-order valence-electron chi connectivity index (χ0n) is 26.3. The molecule has 2 aliphatic rings. The van der Waals surface area contributed by atoms with Crippen LogP contribution in [0, 0.1) is 5.92 Å². The Balaban J connectivity index is 1.31. The van der Waals surface area contributed by atoms with E-state index in [9.17, 15) is 19.2 Å². The molecule has 4 bridgehead atoms. The lowest BCUT2D eigenvalue weighted by atomic mass is 10.0. The molecule has 47 heavy (non-hydrogen) atoms. The molecular weight excluding hydrogens is 639 g/mol. The maximum atomic E-state index is 13.9. The molecule has 2 atom stereocenters. The zero-order valence-corrected chi connectivity index (χ0v) is 27.9. The van der Waals surface area contributed by atoms with Gasteiger partial charge in [0.1, 0.15) is 27.2 Å². The summed E-state index contributed by atoms with van der Waals surface area (Å²) in [6.07, 6.45) is 3.49. The van der Waals surface area contributed by atoms with E-state index in [0.29, 0.717) is 29.4 Å². The van der Waals surface area contributed by atoms with Crippen molar-refractivity contribution in [3.05, 3.63) is 79.7 Å². The standard InChI is InChI=1S/C32H37N9O4S2/c1-19(2)26-31-36-22(17-47-31)28(43)33-12-8-13-40(32(45)27-39-38-24-11-6-7-14-41(24)27)16-25(42)34-21(15-20-9-4-3-5-10-20)30-35-23(18-46-30)29(44)37-26/h3-5,9-10,17-19,21,26H,6-8,11-16H2,1-2H3,(H,33,43)(H,34,42)(H,37,44)/t21-,26-/m0/s1. The number of aromatic nitrogens is 5. The second kappa shape index (κ2) is 14.5. The third-order valence-electron chi connectivity index (χ3n) is 8.21. The summed E-state index contributed by atoms with van der Waals surface area (Å²) in [6, 6.07) is 8.74. The predicted molar refractivity (Wildman–Crippen MR) is 176 cm³/mol. The lowest BCUT2D eigenvalue weighted by molar-refractivity contribution is -0.122. The average Bonchev–Trinajstić information content (AvgIpc) is 3.84. The number of carbonyl (C=O) groups is 4. The summed E-state index contributed by atoms with van der Waals surface area (Å²) in [7, 11) is 0. The van der Waals surface area contributed by atoms with Gasteiger partial charge in [-0.25, -0.2) is 9.97 Å². The summed E-state index contributed by atoms with van der Waals surface area (Å²) in [5.74, 6) is -0.524. The first kappa shape index (κ1) is 32.4. The molecule has 0 radical (unpaired) electrons. The average molecular weight is 676 g/mol. The van der Waals surface area contributed by atoms with Crippen LogP contribution in [0.2, 0.25) is 0 Å². The second-order valence-electron chi connectivity index (χ2n) is 12.0. The SMILES string of the molecule is CC(C)[C@@H]1NC(=O)c2csc(n2)[C@H](Cc2ccccc2)NC(=O)CN(C(=O)c2nnc3n2CCCC3)CCCNC(=O)c2csc1n2. The Morgan fingerprint density at radius 3 is 2.45 bits per heavy atom. The van der Waals surface area contributed by atoms with Crippen LogP contribution in [0.15, 0.2) is 41.1 Å². The van der Waals surface area contributed by atoms with E-state index in [1.165, 1.54) is 27.6 Å². The number of nitrogens with one attached hydrogen (secondary N) is 3. The third-order valence-corrected chi connectivity index (χ3v) is 10.1. The van der Waals surface area contributed by atoms with Crippen LogP contribution >= 0.6 is 22.7 Å². The number of amides is 4. The second-order valence-corrected chi connectivity index (χ2v) is 13.8. The van der Waals surface area contributed by atoms with Gasteiger partial charge in [-0.3, -0.25) is 19.2 Å². The van der Waals surface area contributed by atoms with E-state index >= 15 is 0 Å². The van der Waals surface area contributed by atoms with Crippen LogP contribution in [-0.2, 0) is 24.2 Å². The molecule has 0 spiro atoms. The van der Waals surface area contributed by atoms with Crippen molar-refractivity contribution in [2.75, 3.05) is 19.6 Å². The Hall–Kier alpha value is -4.50. The van der Waals surface area contributed by atoms with E-state index in [2.05, 4.69) is 36.1 Å². The summed E-state index contributed by atoms with van der Waals surface area (Å²) < 4.78 is 1.84. The van der Waals surface area contributed by atoms with Crippen LogP contribution in [0.5, 0.6) is 0 Å². The highest BCUT2D eigenvalue weighted by molar-refractivity contribution is 7.10. The van der Waals surface area contributed by atoms with Crippen LogP contribution in [0.1, 0.15) is 98.2 Å². The van der Waals surface area contributed by atoms with Crippen molar-refractivity contribution in [3.8, 4) is 0 Å². The Morgan fingerprint density at radius 2 is 1.66 bits per heavy atom. The Kier molecular flexibility index (Phi) is 10.0. The first-order valence-corrected chi connectivity index (χ1v) is 17.6. The summed E-state index contributed by atoms with van der Waals surface area (Å²) in [5, 5.41) is 22.0. The highest BCUT2D eigenvalue weighted by Gasteiger charge is 2.30. The minimum Gasteiger partial charge on any atom is -0.351 e. The van der Waals surface area contributed by atoms with Crippen molar-refractivity contribution >= 4 is 46.3 Å². The van der Waals surface area contributed by atoms with Gasteiger partial charge in [0, 0.05) is 36.8 Å². The monoisotopic (exact) mass is 675 g/mol. The number of hydrogen-bond donors (Lipinski definition) is 3. The fourth-order valence-corrected chi connectivity index (χ4v) is 7.57. The van der Waals surface area contributed by atoms with Crippen molar-refractivity contribution in [1.29, 1.82) is 0 Å². The lowest BCUT2D eigenvalue weighted by Gasteiger charge is -2.24. The van der Waals surface area contributed by atoms with Crippen molar-refractivity contribution in [3.63, 3.8) is 0 Å². The number of aryl methyl sites for hydroxylation is 1. The molecule has 3 aromatic heterocycles. The molecule has 2 aliphatic heterocycles. The first-order chi connectivity index (χ1) is 22.8. The Labute approximate surface area is 280 Å². The molecule has 5 heterocycles. The quantitative estimate of drug-likeness (QED) is 0.297. The molecule has 0 unspecified atom stereocenters. The van der Waals surface area contributed by atoms with Gasteiger partial charge in [0.15, 0.2) is 0 Å². The van der Waals surface area contributed by atoms with E-state index in [1.54, 1.807) is 10.8 Å². The highest BCUT2D eigenvalue weighted by atomic mass is 32.1. The largest absolute Gasteiger partial charge is 0.351 e. The summed E-state index contributed by atoms with van der Waals surface area (Å²) >= 11 is 2.60. The van der Waals surface area contributed by atoms with E-state index < -0.39 is 18.0 Å². The van der Waals surface area contributed by atoms with Gasteiger partial charge in [-0.1, -0.05) is 44.2 Å². The number of benzene rings is 1. The van der Waals surface area contributed by atoms with Gasteiger partial charge in [0.2, 0.25) is 11.7 Å². The molecule has 3 N–H and O–H groups in total. The molecule has 0 saturated carbocycles. The molecule has 1 aromatic carbocycles. The van der Waals surface area contributed by atoms with Gasteiger partial charge in [0.25, 0.3) is 17.7 Å². The van der Waals surface area contributed by atoms with Crippen LogP contribution in [-0.4, -0.2) is 72.9 Å². The van der Waals surface area contributed by atoms with Crippen molar-refractivity contribution in [1.82, 2.24) is 45.6 Å². The fourth-order valence-electron chi connectivity index (χ4n) is 5.70. The Bertz CT molecular complexity index is 1750. The first-order valence-electron chi connectivity index (χ1n) is 15.8. The van der Waals surface area contributed by atoms with Crippen LogP contribution in [0.25, 0.3) is 0 Å². The molecule has 0 saturated heterocycles. The molecule has 15 heteroatoms. The van der Waals surface area contributed by atoms with Crippen LogP contribution < -0.4 is 16.0 Å². The van der Waals surface area contributed by atoms with Gasteiger partial charge in [0.05, 0.1) is 18.6 Å². The molecule has 6 rings (SSSR count). The highest BCUT2D eigenvalue weighted by Crippen LogP contribution is 2.27. The molecule has 0 fully saturated rings. The molecule has 246 valence electrons. The summed E-state index contributed by atoms with van der Waals surface area (Å²) in [4.78, 5) is 64.6. The van der Waals surface area contributed by atoms with Gasteiger partial charge in [-0.05, 0) is 37.2 Å². The van der Waals surface area contributed by atoms with Crippen molar-refractivity contribution < 1.29 is 19.2 Å². The predicted octanol–water partition coefficient (Wildman–Crippen LogP) is 3.33. The van der Waals surface area contributed by atoms with E-state index in [4.69, 9.17) is 0 Å². The topological polar surface area (TPSA) is 164 Å². The van der Waals surface area contributed by atoms with Crippen LogP contribution in [0.4, 0.5) is 0 Å². The van der Waals surface area contributed by atoms with Crippen molar-refractivity contribution in [2.45, 2.75) is 64.6 Å². The molecule has 4 amide bonds. The number of nitrogens with zero attached hydrogens (tertiary/aromatic N) is 6. The summed E-state index contributed by atoms with van der Waals surface area (Å²) in [6.45, 7) is 4.83. The lowest BCUT2D eigenvalue weighted by Crippen LogP contribution is -2.44. The van der Waals surface area contributed by atoms with Gasteiger partial charge in [-0.15, -0.1) is 32.9 Å².